The van der Waals surface area contributed by atoms with Crippen LogP contribution < -0.4 is 10.6 Å². The molecule has 1 aromatic carbocycles. The molecule has 0 bridgehead atoms. The second kappa shape index (κ2) is 7.96. The van der Waals surface area contributed by atoms with Crippen LogP contribution in [-0.4, -0.2) is 39.0 Å². The number of rotatable bonds is 6. The zero-order valence-electron chi connectivity index (χ0n) is 13.0. The third-order valence-corrected chi connectivity index (χ3v) is 3.83. The minimum absolute atomic E-state index is 0.261. The molecule has 2 N–H and O–H groups in total. The van der Waals surface area contributed by atoms with Crippen LogP contribution in [0.1, 0.15) is 10.4 Å². The minimum atomic E-state index is -0.261. The standard InChI is InChI=1S/C16H14Cl2N6O/c17-11-2-3-12(13(18)10-11)16(25)20-8-7-19-14-4-5-15(23-22-14)24-9-1-6-21-24/h1-6,9-10H,7-8H2,(H,19,22)(H,20,25). The van der Waals surface area contributed by atoms with Crippen molar-refractivity contribution in [2.75, 3.05) is 18.4 Å². The highest BCUT2D eigenvalue weighted by Crippen LogP contribution is 2.20. The molecule has 9 heteroatoms. The number of carbonyl (C=O) groups is 1. The quantitative estimate of drug-likeness (QED) is 0.646. The maximum Gasteiger partial charge on any atom is 0.252 e. The first-order valence-corrected chi connectivity index (χ1v) is 8.20. The van der Waals surface area contributed by atoms with Crippen molar-refractivity contribution in [1.29, 1.82) is 0 Å². The first kappa shape index (κ1) is 17.2. The van der Waals surface area contributed by atoms with Gasteiger partial charge in [-0.2, -0.15) is 5.10 Å². The third-order valence-electron chi connectivity index (χ3n) is 3.28. The Balaban J connectivity index is 1.47. The summed E-state index contributed by atoms with van der Waals surface area (Å²) >= 11 is 11.8. The number of carbonyl (C=O) groups excluding carboxylic acids is 1. The van der Waals surface area contributed by atoms with Gasteiger partial charge in [0.2, 0.25) is 0 Å². The highest BCUT2D eigenvalue weighted by molar-refractivity contribution is 6.36. The average Bonchev–Trinajstić information content (AvgIpc) is 3.13. The van der Waals surface area contributed by atoms with Crippen LogP contribution in [0.15, 0.2) is 48.8 Å². The molecule has 0 atom stereocenters. The van der Waals surface area contributed by atoms with Crippen molar-refractivity contribution < 1.29 is 4.79 Å². The fraction of sp³-hybridized carbons (Fsp3) is 0.125. The number of halogens is 2. The monoisotopic (exact) mass is 376 g/mol. The van der Waals surface area contributed by atoms with E-state index in [1.165, 1.54) is 6.07 Å². The van der Waals surface area contributed by atoms with E-state index in [2.05, 4.69) is 25.9 Å². The molecule has 0 aliphatic rings. The lowest BCUT2D eigenvalue weighted by atomic mass is 10.2. The molecule has 0 aliphatic carbocycles. The second-order valence-corrected chi connectivity index (χ2v) is 5.88. The number of nitrogens with one attached hydrogen (secondary N) is 2. The molecule has 0 spiro atoms. The van der Waals surface area contributed by atoms with Crippen LogP contribution in [0.5, 0.6) is 0 Å². The lowest BCUT2D eigenvalue weighted by Crippen LogP contribution is -2.29. The Labute approximate surface area is 154 Å². The average molecular weight is 377 g/mol. The Kier molecular flexibility index (Phi) is 5.47. The first-order valence-electron chi connectivity index (χ1n) is 7.44. The highest BCUT2D eigenvalue weighted by atomic mass is 35.5. The van der Waals surface area contributed by atoms with Gasteiger partial charge in [0.25, 0.3) is 5.91 Å². The van der Waals surface area contributed by atoms with Crippen LogP contribution in [0.4, 0.5) is 5.82 Å². The molecule has 2 heterocycles. The molecule has 7 nitrogen and oxygen atoms in total. The van der Waals surface area contributed by atoms with Crippen molar-refractivity contribution in [2.45, 2.75) is 0 Å². The predicted molar refractivity (Wildman–Crippen MR) is 96.4 cm³/mol. The van der Waals surface area contributed by atoms with Crippen molar-refractivity contribution in [3.8, 4) is 5.82 Å². The third kappa shape index (κ3) is 4.46. The molecule has 0 fully saturated rings. The normalized spacial score (nSPS) is 10.5. The van der Waals surface area contributed by atoms with E-state index >= 15 is 0 Å². The van der Waals surface area contributed by atoms with Gasteiger partial charge in [-0.05, 0) is 36.4 Å². The number of aromatic nitrogens is 4. The van der Waals surface area contributed by atoms with E-state index in [1.807, 2.05) is 6.07 Å². The smallest absolute Gasteiger partial charge is 0.252 e. The van der Waals surface area contributed by atoms with Gasteiger partial charge < -0.3 is 10.6 Å². The summed E-state index contributed by atoms with van der Waals surface area (Å²) in [6, 6.07) is 10.1. The fourth-order valence-corrected chi connectivity index (χ4v) is 2.58. The van der Waals surface area contributed by atoms with E-state index in [0.29, 0.717) is 40.3 Å². The second-order valence-electron chi connectivity index (χ2n) is 5.03. The molecule has 3 aromatic rings. The summed E-state index contributed by atoms with van der Waals surface area (Å²) in [5.74, 6) is 0.972. The largest absolute Gasteiger partial charge is 0.367 e. The lowest BCUT2D eigenvalue weighted by Gasteiger charge is -2.08. The van der Waals surface area contributed by atoms with Gasteiger partial charge in [0.15, 0.2) is 5.82 Å². The van der Waals surface area contributed by atoms with Crippen LogP contribution in [-0.2, 0) is 0 Å². The molecule has 0 aliphatic heterocycles. The van der Waals surface area contributed by atoms with E-state index < -0.39 is 0 Å². The van der Waals surface area contributed by atoms with Crippen LogP contribution in [0.25, 0.3) is 5.82 Å². The van der Waals surface area contributed by atoms with Crippen LogP contribution in [0.3, 0.4) is 0 Å². The molecular formula is C16H14Cl2N6O. The van der Waals surface area contributed by atoms with Gasteiger partial charge >= 0.3 is 0 Å². The molecule has 0 unspecified atom stereocenters. The maximum atomic E-state index is 12.1. The van der Waals surface area contributed by atoms with Crippen molar-refractivity contribution in [2.24, 2.45) is 0 Å². The summed E-state index contributed by atoms with van der Waals surface area (Å²) in [5, 5.41) is 18.9. The van der Waals surface area contributed by atoms with Crippen LogP contribution >= 0.6 is 23.2 Å². The number of hydrogen-bond acceptors (Lipinski definition) is 5. The van der Waals surface area contributed by atoms with E-state index in [0.717, 1.165) is 0 Å². The van der Waals surface area contributed by atoms with Crippen molar-refractivity contribution in [3.05, 3.63) is 64.4 Å². The molecule has 0 saturated heterocycles. The van der Waals surface area contributed by atoms with Crippen molar-refractivity contribution in [3.63, 3.8) is 0 Å². The van der Waals surface area contributed by atoms with Gasteiger partial charge in [0, 0.05) is 30.5 Å². The Hall–Kier alpha value is -2.64. The molecule has 25 heavy (non-hydrogen) atoms. The van der Waals surface area contributed by atoms with E-state index in [4.69, 9.17) is 23.2 Å². The van der Waals surface area contributed by atoms with E-state index in [-0.39, 0.29) is 5.91 Å². The SMILES string of the molecule is O=C(NCCNc1ccc(-n2cccn2)nn1)c1ccc(Cl)cc1Cl. The number of anilines is 1. The Bertz CT molecular complexity index is 852. The van der Waals surface area contributed by atoms with Gasteiger partial charge in [-0.25, -0.2) is 4.68 Å². The Morgan fingerprint density at radius 2 is 2.00 bits per heavy atom. The lowest BCUT2D eigenvalue weighted by molar-refractivity contribution is 0.0955. The summed E-state index contributed by atoms with van der Waals surface area (Å²) in [6.45, 7) is 0.896. The molecule has 0 saturated carbocycles. The predicted octanol–water partition coefficient (Wildman–Crippen LogP) is 2.81. The topological polar surface area (TPSA) is 84.7 Å². The molecule has 0 radical (unpaired) electrons. The summed E-state index contributed by atoms with van der Waals surface area (Å²) in [4.78, 5) is 12.1. The zero-order valence-corrected chi connectivity index (χ0v) is 14.5. The molecule has 128 valence electrons. The number of amides is 1. The summed E-state index contributed by atoms with van der Waals surface area (Å²) in [6.07, 6.45) is 3.46. The van der Waals surface area contributed by atoms with Crippen molar-refractivity contribution >= 4 is 34.9 Å². The van der Waals surface area contributed by atoms with Gasteiger partial charge in [-0.1, -0.05) is 23.2 Å². The molecule has 1 amide bonds. The van der Waals surface area contributed by atoms with Gasteiger partial charge in [0.1, 0.15) is 5.82 Å². The maximum absolute atomic E-state index is 12.1. The molecule has 2 aromatic heterocycles. The molecular weight excluding hydrogens is 363 g/mol. The highest BCUT2D eigenvalue weighted by Gasteiger charge is 2.09. The zero-order chi connectivity index (χ0) is 17.6. The summed E-state index contributed by atoms with van der Waals surface area (Å²) < 4.78 is 1.62. The van der Waals surface area contributed by atoms with E-state index in [1.54, 1.807) is 41.3 Å². The van der Waals surface area contributed by atoms with Gasteiger partial charge in [-0.3, -0.25) is 4.79 Å². The number of nitrogens with zero attached hydrogens (tertiary/aromatic N) is 4. The van der Waals surface area contributed by atoms with E-state index in [9.17, 15) is 4.79 Å². The van der Waals surface area contributed by atoms with Gasteiger partial charge in [-0.15, -0.1) is 10.2 Å². The fourth-order valence-electron chi connectivity index (χ4n) is 2.08. The Morgan fingerprint density at radius 1 is 1.12 bits per heavy atom. The van der Waals surface area contributed by atoms with Crippen LogP contribution in [0, 0.1) is 0 Å². The molecule has 3 rings (SSSR count). The Morgan fingerprint density at radius 3 is 2.68 bits per heavy atom. The summed E-state index contributed by atoms with van der Waals surface area (Å²) in [7, 11) is 0. The minimum Gasteiger partial charge on any atom is -0.367 e. The first-order chi connectivity index (χ1) is 12.1. The number of hydrogen-bond donors (Lipinski definition) is 2. The van der Waals surface area contributed by atoms with Crippen LogP contribution in [0.2, 0.25) is 10.0 Å². The van der Waals surface area contributed by atoms with Crippen molar-refractivity contribution in [1.82, 2.24) is 25.3 Å². The number of benzene rings is 1. The van der Waals surface area contributed by atoms with Gasteiger partial charge in [0.05, 0.1) is 10.6 Å². The summed E-state index contributed by atoms with van der Waals surface area (Å²) in [5.41, 5.74) is 0.384.